The van der Waals surface area contributed by atoms with Gasteiger partial charge in [0.25, 0.3) is 0 Å². The zero-order valence-electron chi connectivity index (χ0n) is 9.07. The Bertz CT molecular complexity index is 409. The summed E-state index contributed by atoms with van der Waals surface area (Å²) in [6.45, 7) is 3.80. The second-order valence-corrected chi connectivity index (χ2v) is 4.70. The van der Waals surface area contributed by atoms with E-state index in [1.54, 1.807) is 11.1 Å². The number of rotatable bonds is 2. The van der Waals surface area contributed by atoms with Crippen LogP contribution in [0.15, 0.2) is 16.7 Å². The van der Waals surface area contributed by atoms with Gasteiger partial charge >= 0.3 is 6.09 Å². The Morgan fingerprint density at radius 2 is 2.44 bits per heavy atom. The largest absolute Gasteiger partial charge is 0.449 e. The number of nitrogens with zero attached hydrogens (tertiary/aromatic N) is 2. The summed E-state index contributed by atoms with van der Waals surface area (Å²) in [5.74, 6) is 0. The number of cyclic esters (lactones) is 1. The highest BCUT2D eigenvalue weighted by Gasteiger charge is 2.20. The summed E-state index contributed by atoms with van der Waals surface area (Å²) in [5, 5.41) is 0. The first kappa shape index (κ1) is 11.4. The van der Waals surface area contributed by atoms with Gasteiger partial charge in [0, 0.05) is 22.9 Å². The maximum atomic E-state index is 11.5. The Morgan fingerprint density at radius 3 is 3.19 bits per heavy atom. The van der Waals surface area contributed by atoms with E-state index in [4.69, 9.17) is 4.74 Å². The Kier molecular flexibility index (Phi) is 3.43. The van der Waals surface area contributed by atoms with Crippen molar-refractivity contribution in [3.63, 3.8) is 0 Å². The van der Waals surface area contributed by atoms with Gasteiger partial charge in [-0.3, -0.25) is 4.98 Å². The van der Waals surface area contributed by atoms with Crippen LogP contribution in [0.2, 0.25) is 0 Å². The van der Waals surface area contributed by atoms with Gasteiger partial charge < -0.3 is 9.64 Å². The summed E-state index contributed by atoms with van der Waals surface area (Å²) in [7, 11) is 0. The van der Waals surface area contributed by atoms with Crippen molar-refractivity contribution in [2.75, 3.05) is 13.2 Å². The number of halogens is 1. The minimum absolute atomic E-state index is 0.231. The molecular weight excluding hydrogens is 272 g/mol. The predicted octanol–water partition coefficient (Wildman–Crippen LogP) is 2.49. The number of aromatic nitrogens is 1. The molecule has 0 bridgehead atoms. The molecule has 0 unspecified atom stereocenters. The van der Waals surface area contributed by atoms with Crippen LogP contribution in [0.1, 0.15) is 17.7 Å². The van der Waals surface area contributed by atoms with Crippen LogP contribution in [-0.2, 0) is 11.3 Å². The van der Waals surface area contributed by atoms with Gasteiger partial charge in [-0.2, -0.15) is 0 Å². The summed E-state index contributed by atoms with van der Waals surface area (Å²) in [6.07, 6.45) is 2.42. The molecular formula is C11H13BrN2O2. The molecule has 1 amide bonds. The van der Waals surface area contributed by atoms with E-state index >= 15 is 0 Å². The van der Waals surface area contributed by atoms with Crippen LogP contribution < -0.4 is 0 Å². The van der Waals surface area contributed by atoms with E-state index in [9.17, 15) is 4.79 Å². The third-order valence-corrected chi connectivity index (χ3v) is 3.01. The van der Waals surface area contributed by atoms with Crippen molar-refractivity contribution in [3.05, 3.63) is 28.0 Å². The highest BCUT2D eigenvalue weighted by Crippen LogP contribution is 2.17. The van der Waals surface area contributed by atoms with Gasteiger partial charge in [-0.15, -0.1) is 0 Å². The Hall–Kier alpha value is -1.10. The summed E-state index contributed by atoms with van der Waals surface area (Å²) < 4.78 is 5.92. The van der Waals surface area contributed by atoms with Gasteiger partial charge in [0.2, 0.25) is 0 Å². The van der Waals surface area contributed by atoms with Gasteiger partial charge in [0.15, 0.2) is 0 Å². The molecule has 0 spiro atoms. The van der Waals surface area contributed by atoms with E-state index in [0.29, 0.717) is 13.2 Å². The van der Waals surface area contributed by atoms with Crippen LogP contribution in [0, 0.1) is 6.92 Å². The molecule has 1 fully saturated rings. The molecule has 1 aliphatic rings. The highest BCUT2D eigenvalue weighted by molar-refractivity contribution is 9.10. The molecule has 1 aliphatic heterocycles. The fourth-order valence-corrected chi connectivity index (χ4v) is 2.04. The molecule has 16 heavy (non-hydrogen) atoms. The van der Waals surface area contributed by atoms with Gasteiger partial charge in [-0.1, -0.05) is 0 Å². The Labute approximate surface area is 103 Å². The molecule has 1 aromatic heterocycles. The van der Waals surface area contributed by atoms with Crippen molar-refractivity contribution in [2.45, 2.75) is 19.9 Å². The van der Waals surface area contributed by atoms with Crippen molar-refractivity contribution < 1.29 is 9.53 Å². The normalized spacial score (nSPS) is 16.1. The average Bonchev–Trinajstić information content (AvgIpc) is 2.27. The molecule has 2 rings (SSSR count). The molecule has 1 saturated heterocycles. The number of ether oxygens (including phenoxy) is 1. The second-order valence-electron chi connectivity index (χ2n) is 3.79. The molecule has 86 valence electrons. The molecule has 5 heteroatoms. The molecule has 0 atom stereocenters. The molecule has 4 nitrogen and oxygen atoms in total. The fourth-order valence-electron chi connectivity index (χ4n) is 1.66. The van der Waals surface area contributed by atoms with Crippen molar-refractivity contribution in [3.8, 4) is 0 Å². The number of hydrogen-bond acceptors (Lipinski definition) is 3. The lowest BCUT2D eigenvalue weighted by Gasteiger charge is -2.26. The van der Waals surface area contributed by atoms with Gasteiger partial charge in [-0.05, 0) is 40.9 Å². The van der Waals surface area contributed by atoms with Crippen LogP contribution in [0.4, 0.5) is 4.79 Å². The van der Waals surface area contributed by atoms with Crippen molar-refractivity contribution in [2.24, 2.45) is 0 Å². The van der Waals surface area contributed by atoms with E-state index in [0.717, 1.165) is 28.7 Å². The number of hydrogen-bond donors (Lipinski definition) is 0. The van der Waals surface area contributed by atoms with E-state index in [-0.39, 0.29) is 6.09 Å². The fraction of sp³-hybridized carbons (Fsp3) is 0.455. The zero-order chi connectivity index (χ0) is 11.5. The number of carbonyl (C=O) groups excluding carboxylic acids is 1. The zero-order valence-corrected chi connectivity index (χ0v) is 10.7. The first-order chi connectivity index (χ1) is 7.66. The lowest BCUT2D eigenvalue weighted by molar-refractivity contribution is 0.0699. The monoisotopic (exact) mass is 284 g/mol. The first-order valence-electron chi connectivity index (χ1n) is 5.19. The number of aryl methyl sites for hydroxylation is 1. The van der Waals surface area contributed by atoms with E-state index in [1.807, 2.05) is 13.0 Å². The first-order valence-corrected chi connectivity index (χ1v) is 5.99. The molecule has 2 heterocycles. The average molecular weight is 285 g/mol. The van der Waals surface area contributed by atoms with Crippen LogP contribution in [-0.4, -0.2) is 29.1 Å². The SMILES string of the molecule is Cc1ncc(Br)cc1CN1CCCOC1=O. The lowest BCUT2D eigenvalue weighted by atomic mass is 10.2. The van der Waals surface area contributed by atoms with Crippen molar-refractivity contribution >= 4 is 22.0 Å². The summed E-state index contributed by atoms with van der Waals surface area (Å²) in [6, 6.07) is 1.99. The smallest absolute Gasteiger partial charge is 0.410 e. The van der Waals surface area contributed by atoms with Gasteiger partial charge in [-0.25, -0.2) is 4.79 Å². The van der Waals surface area contributed by atoms with Crippen molar-refractivity contribution in [1.29, 1.82) is 0 Å². The summed E-state index contributed by atoms with van der Waals surface area (Å²) >= 11 is 3.38. The standard InChI is InChI=1S/C11H13BrN2O2/c1-8-9(5-10(12)6-13-8)7-14-3-2-4-16-11(14)15/h5-6H,2-4,7H2,1H3. The summed E-state index contributed by atoms with van der Waals surface area (Å²) in [4.78, 5) is 17.4. The molecule has 0 aliphatic carbocycles. The number of amides is 1. The van der Waals surface area contributed by atoms with Crippen LogP contribution in [0.3, 0.4) is 0 Å². The third-order valence-electron chi connectivity index (χ3n) is 2.58. The second kappa shape index (κ2) is 4.82. The quantitative estimate of drug-likeness (QED) is 0.838. The van der Waals surface area contributed by atoms with Crippen molar-refractivity contribution in [1.82, 2.24) is 9.88 Å². The van der Waals surface area contributed by atoms with Gasteiger partial charge in [0.05, 0.1) is 13.2 Å². The van der Waals surface area contributed by atoms with Crippen LogP contribution >= 0.6 is 15.9 Å². The van der Waals surface area contributed by atoms with Crippen LogP contribution in [0.5, 0.6) is 0 Å². The minimum atomic E-state index is -0.231. The molecule has 0 saturated carbocycles. The predicted molar refractivity (Wildman–Crippen MR) is 63.0 cm³/mol. The Morgan fingerprint density at radius 1 is 1.62 bits per heavy atom. The highest BCUT2D eigenvalue weighted by atomic mass is 79.9. The van der Waals surface area contributed by atoms with E-state index in [1.165, 1.54) is 0 Å². The van der Waals surface area contributed by atoms with Gasteiger partial charge in [0.1, 0.15) is 0 Å². The number of pyridine rings is 1. The third kappa shape index (κ3) is 2.52. The minimum Gasteiger partial charge on any atom is -0.449 e. The molecule has 0 N–H and O–H groups in total. The lowest BCUT2D eigenvalue weighted by Crippen LogP contribution is -2.37. The molecule has 1 aromatic rings. The Balaban J connectivity index is 2.13. The topological polar surface area (TPSA) is 42.4 Å². The van der Waals surface area contributed by atoms with E-state index in [2.05, 4.69) is 20.9 Å². The van der Waals surface area contributed by atoms with Crippen LogP contribution in [0.25, 0.3) is 0 Å². The number of carbonyl (C=O) groups is 1. The maximum absolute atomic E-state index is 11.5. The molecule has 0 aromatic carbocycles. The maximum Gasteiger partial charge on any atom is 0.410 e. The summed E-state index contributed by atoms with van der Waals surface area (Å²) in [5.41, 5.74) is 2.00. The van der Waals surface area contributed by atoms with E-state index < -0.39 is 0 Å². The molecule has 0 radical (unpaired) electrons.